The molecule has 2 aromatic rings. The van der Waals surface area contributed by atoms with Crippen LogP contribution in [-0.2, 0) is 0 Å². The molecule has 1 aromatic carbocycles. The van der Waals surface area contributed by atoms with Crippen molar-refractivity contribution in [3.05, 3.63) is 48.3 Å². The number of methoxy groups -OCH3 is 1. The van der Waals surface area contributed by atoms with E-state index >= 15 is 0 Å². The molecule has 2 heterocycles. The van der Waals surface area contributed by atoms with E-state index in [1.165, 1.54) is 0 Å². The highest BCUT2D eigenvalue weighted by Gasteiger charge is 2.16. The first-order valence-electron chi connectivity index (χ1n) is 7.87. The van der Waals surface area contributed by atoms with Gasteiger partial charge in [-0.2, -0.15) is 0 Å². The third-order valence-corrected chi connectivity index (χ3v) is 4.06. The van der Waals surface area contributed by atoms with Crippen LogP contribution in [0.25, 0.3) is 11.1 Å². The molecule has 1 atom stereocenters. The largest absolute Gasteiger partial charge is 0.497 e. The highest BCUT2D eigenvalue weighted by Crippen LogP contribution is 2.22. The average molecular weight is 384 g/mol. The van der Waals surface area contributed by atoms with Gasteiger partial charge in [0, 0.05) is 30.5 Å². The number of piperidine rings is 1. The van der Waals surface area contributed by atoms with Crippen molar-refractivity contribution >= 4 is 30.7 Å². The molecule has 0 spiro atoms. The van der Waals surface area contributed by atoms with Crippen molar-refractivity contribution in [2.24, 2.45) is 0 Å². The maximum atomic E-state index is 12.4. The minimum atomic E-state index is -0.0680. The van der Waals surface area contributed by atoms with Gasteiger partial charge in [-0.15, -0.1) is 24.8 Å². The fraction of sp³-hybridized carbons (Fsp3) is 0.333. The zero-order valence-corrected chi connectivity index (χ0v) is 15.7. The molecule has 1 aliphatic rings. The van der Waals surface area contributed by atoms with Crippen molar-refractivity contribution in [1.29, 1.82) is 0 Å². The van der Waals surface area contributed by atoms with Crippen molar-refractivity contribution in [2.45, 2.75) is 18.9 Å². The van der Waals surface area contributed by atoms with Crippen LogP contribution in [0.2, 0.25) is 0 Å². The number of rotatable bonds is 4. The molecule has 1 aliphatic heterocycles. The van der Waals surface area contributed by atoms with Gasteiger partial charge in [0.1, 0.15) is 5.75 Å². The Morgan fingerprint density at radius 1 is 1.20 bits per heavy atom. The van der Waals surface area contributed by atoms with Crippen LogP contribution in [0.5, 0.6) is 5.75 Å². The summed E-state index contributed by atoms with van der Waals surface area (Å²) in [6.45, 7) is 1.86. The van der Waals surface area contributed by atoms with Gasteiger partial charge in [-0.25, -0.2) is 0 Å². The minimum Gasteiger partial charge on any atom is -0.497 e. The Kier molecular flexibility index (Phi) is 8.69. The monoisotopic (exact) mass is 383 g/mol. The molecule has 25 heavy (non-hydrogen) atoms. The zero-order valence-electron chi connectivity index (χ0n) is 14.0. The number of carbonyl (C=O) groups excluding carboxylic acids is 1. The van der Waals surface area contributed by atoms with Crippen LogP contribution >= 0.6 is 24.8 Å². The summed E-state index contributed by atoms with van der Waals surface area (Å²) in [5, 5.41) is 6.37. The van der Waals surface area contributed by atoms with Gasteiger partial charge < -0.3 is 15.4 Å². The first kappa shape index (κ1) is 21.2. The lowest BCUT2D eigenvalue weighted by atomic mass is 10.0. The molecule has 5 nitrogen and oxygen atoms in total. The molecule has 0 radical (unpaired) electrons. The maximum Gasteiger partial charge on any atom is 0.253 e. The second kappa shape index (κ2) is 10.2. The number of ether oxygens (including phenoxy) is 1. The Hall–Kier alpha value is -1.82. The molecule has 1 amide bonds. The van der Waals surface area contributed by atoms with E-state index in [1.807, 2.05) is 30.3 Å². The predicted octanol–water partition coefficient (Wildman–Crippen LogP) is 3.08. The summed E-state index contributed by atoms with van der Waals surface area (Å²) >= 11 is 0. The first-order valence-corrected chi connectivity index (χ1v) is 7.87. The summed E-state index contributed by atoms with van der Waals surface area (Å²) in [7, 11) is 1.64. The Bertz CT molecular complexity index is 674. The van der Waals surface area contributed by atoms with E-state index in [2.05, 4.69) is 15.6 Å². The van der Waals surface area contributed by atoms with Crippen molar-refractivity contribution in [1.82, 2.24) is 15.6 Å². The number of hydrogen-bond donors (Lipinski definition) is 2. The lowest BCUT2D eigenvalue weighted by Crippen LogP contribution is -2.45. The maximum absolute atomic E-state index is 12.4. The highest BCUT2D eigenvalue weighted by atomic mass is 35.5. The number of halogens is 2. The Morgan fingerprint density at radius 2 is 1.96 bits per heavy atom. The second-order valence-corrected chi connectivity index (χ2v) is 5.71. The lowest BCUT2D eigenvalue weighted by molar-refractivity contribution is 0.0930. The highest BCUT2D eigenvalue weighted by molar-refractivity contribution is 5.95. The quantitative estimate of drug-likeness (QED) is 0.851. The fourth-order valence-corrected chi connectivity index (χ4v) is 2.75. The SMILES string of the molecule is COc1ccc(-c2cncc(C(=O)NC3CCCNC3)c2)cc1.Cl.Cl. The summed E-state index contributed by atoms with van der Waals surface area (Å²) in [5.41, 5.74) is 2.51. The predicted molar refractivity (Wildman–Crippen MR) is 104 cm³/mol. The van der Waals surface area contributed by atoms with Crippen molar-refractivity contribution in [3.63, 3.8) is 0 Å². The van der Waals surface area contributed by atoms with Gasteiger partial charge in [-0.05, 0) is 43.1 Å². The number of hydrogen-bond acceptors (Lipinski definition) is 4. The molecule has 3 rings (SSSR count). The van der Waals surface area contributed by atoms with Gasteiger partial charge in [-0.1, -0.05) is 12.1 Å². The Morgan fingerprint density at radius 3 is 2.60 bits per heavy atom. The number of amides is 1. The third-order valence-electron chi connectivity index (χ3n) is 4.06. The van der Waals surface area contributed by atoms with Crippen LogP contribution in [0.3, 0.4) is 0 Å². The van der Waals surface area contributed by atoms with Gasteiger partial charge in [-0.3, -0.25) is 9.78 Å². The minimum absolute atomic E-state index is 0. The van der Waals surface area contributed by atoms with Crippen LogP contribution in [0.15, 0.2) is 42.7 Å². The van der Waals surface area contributed by atoms with E-state index in [4.69, 9.17) is 4.74 Å². The summed E-state index contributed by atoms with van der Waals surface area (Å²) in [6, 6.07) is 9.79. The molecule has 1 fully saturated rings. The lowest BCUT2D eigenvalue weighted by Gasteiger charge is -2.23. The molecule has 0 aliphatic carbocycles. The van der Waals surface area contributed by atoms with E-state index in [0.717, 1.165) is 42.8 Å². The van der Waals surface area contributed by atoms with Gasteiger partial charge >= 0.3 is 0 Å². The molecule has 0 bridgehead atoms. The van der Waals surface area contributed by atoms with Gasteiger partial charge in [0.2, 0.25) is 0 Å². The van der Waals surface area contributed by atoms with Gasteiger partial charge in [0.05, 0.1) is 12.7 Å². The molecule has 1 saturated heterocycles. The average Bonchev–Trinajstić information content (AvgIpc) is 2.63. The number of benzene rings is 1. The first-order chi connectivity index (χ1) is 11.3. The number of carbonyl (C=O) groups is 1. The summed E-state index contributed by atoms with van der Waals surface area (Å²) in [5.74, 6) is 0.738. The number of nitrogens with zero attached hydrogens (tertiary/aromatic N) is 1. The molecule has 7 heteroatoms. The summed E-state index contributed by atoms with van der Waals surface area (Å²) in [6.07, 6.45) is 5.48. The smallest absolute Gasteiger partial charge is 0.253 e. The number of pyridine rings is 1. The molecule has 2 N–H and O–H groups in total. The zero-order chi connectivity index (χ0) is 16.1. The fourth-order valence-electron chi connectivity index (χ4n) is 2.75. The van der Waals surface area contributed by atoms with Gasteiger partial charge in [0.25, 0.3) is 5.91 Å². The third kappa shape index (κ3) is 5.59. The van der Waals surface area contributed by atoms with Crippen molar-refractivity contribution in [2.75, 3.05) is 20.2 Å². The molecule has 136 valence electrons. The second-order valence-electron chi connectivity index (χ2n) is 5.71. The molecule has 0 saturated carbocycles. The van der Waals surface area contributed by atoms with E-state index in [9.17, 15) is 4.79 Å². The van der Waals surface area contributed by atoms with Crippen LogP contribution in [-0.4, -0.2) is 37.1 Å². The van der Waals surface area contributed by atoms with Crippen LogP contribution in [0.4, 0.5) is 0 Å². The molecule has 1 unspecified atom stereocenters. The summed E-state index contributed by atoms with van der Waals surface area (Å²) < 4.78 is 5.17. The van der Waals surface area contributed by atoms with E-state index < -0.39 is 0 Å². The topological polar surface area (TPSA) is 63.2 Å². The normalized spacial score (nSPS) is 16.1. The van der Waals surface area contributed by atoms with E-state index in [1.54, 1.807) is 19.5 Å². The Labute approximate surface area is 160 Å². The standard InChI is InChI=1S/C18H21N3O2.2ClH/c1-23-17-6-4-13(5-7-17)14-9-15(11-20-10-14)18(22)21-16-3-2-8-19-12-16;;/h4-7,9-11,16,19H,2-3,8,12H2,1H3,(H,21,22);2*1H. The van der Waals surface area contributed by atoms with E-state index in [0.29, 0.717) is 5.56 Å². The van der Waals surface area contributed by atoms with Crippen LogP contribution in [0, 0.1) is 0 Å². The van der Waals surface area contributed by atoms with Crippen LogP contribution < -0.4 is 15.4 Å². The number of nitrogens with one attached hydrogen (secondary N) is 2. The van der Waals surface area contributed by atoms with Crippen molar-refractivity contribution in [3.8, 4) is 16.9 Å². The number of aromatic nitrogens is 1. The molecular weight excluding hydrogens is 361 g/mol. The summed E-state index contributed by atoms with van der Waals surface area (Å²) in [4.78, 5) is 16.6. The van der Waals surface area contributed by atoms with Crippen molar-refractivity contribution < 1.29 is 9.53 Å². The van der Waals surface area contributed by atoms with E-state index in [-0.39, 0.29) is 36.8 Å². The Balaban J connectivity index is 0.00000156. The van der Waals surface area contributed by atoms with Gasteiger partial charge in [0.15, 0.2) is 0 Å². The molecule has 1 aromatic heterocycles. The van der Waals surface area contributed by atoms with Crippen LogP contribution in [0.1, 0.15) is 23.2 Å². The molecular formula is C18H23Cl2N3O2.